The summed E-state index contributed by atoms with van der Waals surface area (Å²) in [6, 6.07) is 1.60. The number of piperidine rings is 1. The molecule has 144 valence electrons. The normalized spacial score (nSPS) is 17.7. The number of H-pyrrole nitrogens is 1. The topological polar surface area (TPSA) is 82.7 Å². The first-order valence-electron chi connectivity index (χ1n) is 8.99. The van der Waals surface area contributed by atoms with Gasteiger partial charge < -0.3 is 19.5 Å². The first kappa shape index (κ1) is 20.0. The Kier molecular flexibility index (Phi) is 6.10. The van der Waals surface area contributed by atoms with Crippen LogP contribution in [0.4, 0.5) is 4.79 Å². The number of hydrogen-bond donors (Lipinski definition) is 1. The molecule has 7 heteroatoms. The van der Waals surface area contributed by atoms with Crippen molar-refractivity contribution in [1.82, 2.24) is 14.8 Å². The van der Waals surface area contributed by atoms with Crippen molar-refractivity contribution in [2.45, 2.75) is 46.1 Å². The van der Waals surface area contributed by atoms with Crippen LogP contribution in [0.15, 0.2) is 12.3 Å². The molecule has 0 spiro atoms. The lowest BCUT2D eigenvalue weighted by Gasteiger charge is -2.35. The molecule has 26 heavy (non-hydrogen) atoms. The summed E-state index contributed by atoms with van der Waals surface area (Å²) in [7, 11) is 1.72. The second-order valence-electron chi connectivity index (χ2n) is 7.98. The minimum Gasteiger partial charge on any atom is -0.444 e. The van der Waals surface area contributed by atoms with E-state index in [-0.39, 0.29) is 23.7 Å². The molecule has 7 nitrogen and oxygen atoms in total. The number of aromatic nitrogens is 1. The van der Waals surface area contributed by atoms with Gasteiger partial charge in [0.25, 0.3) is 5.91 Å². The quantitative estimate of drug-likeness (QED) is 0.834. The molecule has 1 aliphatic heterocycles. The van der Waals surface area contributed by atoms with Gasteiger partial charge in [-0.2, -0.15) is 0 Å². The first-order valence-corrected chi connectivity index (χ1v) is 8.99. The molecule has 2 rings (SSSR count). The third-order valence-electron chi connectivity index (χ3n) is 4.36. The van der Waals surface area contributed by atoms with Gasteiger partial charge in [0.05, 0.1) is 0 Å². The fourth-order valence-corrected chi connectivity index (χ4v) is 3.09. The maximum atomic E-state index is 12.7. The van der Waals surface area contributed by atoms with Crippen LogP contribution in [0, 0.1) is 5.92 Å². The lowest BCUT2D eigenvalue weighted by atomic mass is 9.97. The number of likely N-dealkylation sites (tertiary alicyclic amines) is 1. The lowest BCUT2D eigenvalue weighted by Crippen LogP contribution is -2.45. The number of Topliss-reactive ketones (excluding diaryl/α,β-unsaturated/α-hetero) is 1. The Morgan fingerprint density at radius 2 is 2.04 bits per heavy atom. The molecule has 0 radical (unpaired) electrons. The number of amides is 2. The molecule has 1 unspecified atom stereocenters. The number of carbonyl (C=O) groups is 3. The summed E-state index contributed by atoms with van der Waals surface area (Å²) in [6.45, 7) is 8.80. The van der Waals surface area contributed by atoms with Crippen LogP contribution < -0.4 is 0 Å². The molecule has 0 saturated carbocycles. The van der Waals surface area contributed by atoms with E-state index in [1.807, 2.05) is 20.8 Å². The zero-order valence-corrected chi connectivity index (χ0v) is 16.3. The van der Waals surface area contributed by atoms with E-state index in [2.05, 4.69) is 4.98 Å². The molecule has 2 heterocycles. The molecule has 1 atom stereocenters. The zero-order valence-electron chi connectivity index (χ0n) is 16.3. The van der Waals surface area contributed by atoms with E-state index >= 15 is 0 Å². The van der Waals surface area contributed by atoms with Gasteiger partial charge in [0.2, 0.25) is 0 Å². The predicted octanol–water partition coefficient (Wildman–Crippen LogP) is 2.94. The van der Waals surface area contributed by atoms with Gasteiger partial charge in [0.15, 0.2) is 5.78 Å². The Morgan fingerprint density at radius 1 is 1.35 bits per heavy atom. The SMILES string of the molecule is CC(=O)c1c[nH]c(C(=O)N2CCCC(CN(C)C(=O)OC(C)(C)C)C2)c1. The molecule has 1 saturated heterocycles. The smallest absolute Gasteiger partial charge is 0.410 e. The summed E-state index contributed by atoms with van der Waals surface area (Å²) in [5.41, 5.74) is 0.407. The second-order valence-corrected chi connectivity index (χ2v) is 7.98. The third kappa shape index (κ3) is 5.34. The molecule has 2 amide bonds. The summed E-state index contributed by atoms with van der Waals surface area (Å²) in [6.07, 6.45) is 3.06. The minimum absolute atomic E-state index is 0.0733. The van der Waals surface area contributed by atoms with E-state index in [1.165, 1.54) is 6.92 Å². The molecular formula is C19H29N3O4. The first-order chi connectivity index (χ1) is 12.1. The van der Waals surface area contributed by atoms with Crippen molar-refractivity contribution >= 4 is 17.8 Å². The highest BCUT2D eigenvalue weighted by Crippen LogP contribution is 2.20. The zero-order chi connectivity index (χ0) is 19.5. The van der Waals surface area contributed by atoms with Gasteiger partial charge in [0.1, 0.15) is 11.3 Å². The molecule has 1 fully saturated rings. The Morgan fingerprint density at radius 3 is 2.62 bits per heavy atom. The molecule has 1 N–H and O–H groups in total. The molecule has 0 aromatic carbocycles. The van der Waals surface area contributed by atoms with E-state index < -0.39 is 5.60 Å². The molecule has 0 bridgehead atoms. The highest BCUT2D eigenvalue weighted by Gasteiger charge is 2.28. The minimum atomic E-state index is -0.526. The number of hydrogen-bond acceptors (Lipinski definition) is 4. The van der Waals surface area contributed by atoms with Crippen molar-refractivity contribution < 1.29 is 19.1 Å². The van der Waals surface area contributed by atoms with Crippen LogP contribution in [0.25, 0.3) is 0 Å². The van der Waals surface area contributed by atoms with E-state index in [0.717, 1.165) is 12.8 Å². The Balaban J connectivity index is 1.94. The van der Waals surface area contributed by atoms with Crippen LogP contribution in [0.5, 0.6) is 0 Å². The Hall–Kier alpha value is -2.31. The van der Waals surface area contributed by atoms with E-state index in [0.29, 0.717) is 30.9 Å². The van der Waals surface area contributed by atoms with Gasteiger partial charge >= 0.3 is 6.09 Å². The monoisotopic (exact) mass is 363 g/mol. The summed E-state index contributed by atoms with van der Waals surface area (Å²) in [4.78, 5) is 42.4. The number of nitrogens with zero attached hydrogens (tertiary/aromatic N) is 2. The van der Waals surface area contributed by atoms with E-state index in [1.54, 1.807) is 29.1 Å². The maximum absolute atomic E-state index is 12.7. The number of carbonyl (C=O) groups excluding carboxylic acids is 3. The largest absolute Gasteiger partial charge is 0.444 e. The van der Waals surface area contributed by atoms with Crippen LogP contribution in [-0.2, 0) is 4.74 Å². The molecule has 1 aromatic heterocycles. The van der Waals surface area contributed by atoms with E-state index in [4.69, 9.17) is 4.74 Å². The van der Waals surface area contributed by atoms with Crippen molar-refractivity contribution in [3.8, 4) is 0 Å². The van der Waals surface area contributed by atoms with Gasteiger partial charge in [-0.3, -0.25) is 9.59 Å². The molecule has 1 aromatic rings. The van der Waals surface area contributed by atoms with Gasteiger partial charge in [-0.15, -0.1) is 0 Å². The summed E-state index contributed by atoms with van der Waals surface area (Å²) < 4.78 is 5.38. The Labute approximate surface area is 154 Å². The van der Waals surface area contributed by atoms with Crippen molar-refractivity contribution in [2.75, 3.05) is 26.7 Å². The lowest BCUT2D eigenvalue weighted by molar-refractivity contribution is 0.0244. The number of rotatable bonds is 4. The van der Waals surface area contributed by atoms with Crippen LogP contribution in [-0.4, -0.2) is 64.9 Å². The standard InChI is InChI=1S/C19H29N3O4/c1-13(23)15-9-16(20-10-15)17(24)22-8-6-7-14(12-22)11-21(5)18(25)26-19(2,3)4/h9-10,14,20H,6-8,11-12H2,1-5H3. The molecule has 1 aliphatic rings. The van der Waals surface area contributed by atoms with Crippen LogP contribution in [0.3, 0.4) is 0 Å². The summed E-state index contributed by atoms with van der Waals surface area (Å²) in [5, 5.41) is 0. The van der Waals surface area contributed by atoms with Crippen LogP contribution in [0.2, 0.25) is 0 Å². The average molecular weight is 363 g/mol. The summed E-state index contributed by atoms with van der Waals surface area (Å²) in [5.74, 6) is 0.0189. The number of ether oxygens (including phenoxy) is 1. The van der Waals surface area contributed by atoms with E-state index in [9.17, 15) is 14.4 Å². The highest BCUT2D eigenvalue weighted by atomic mass is 16.6. The number of nitrogens with one attached hydrogen (secondary N) is 1. The van der Waals surface area contributed by atoms with Gasteiger partial charge in [-0.05, 0) is 52.5 Å². The number of ketones is 1. The fraction of sp³-hybridized carbons (Fsp3) is 0.632. The van der Waals surface area contributed by atoms with Crippen LogP contribution >= 0.6 is 0 Å². The Bertz CT molecular complexity index is 675. The van der Waals surface area contributed by atoms with Crippen LogP contribution in [0.1, 0.15) is 61.4 Å². The highest BCUT2D eigenvalue weighted by molar-refractivity contribution is 5.99. The second kappa shape index (κ2) is 7.93. The van der Waals surface area contributed by atoms with Gasteiger partial charge in [-0.1, -0.05) is 0 Å². The van der Waals surface area contributed by atoms with Gasteiger partial charge in [-0.25, -0.2) is 4.79 Å². The van der Waals surface area contributed by atoms with Crippen molar-refractivity contribution in [3.63, 3.8) is 0 Å². The maximum Gasteiger partial charge on any atom is 0.410 e. The third-order valence-corrected chi connectivity index (χ3v) is 4.36. The summed E-state index contributed by atoms with van der Waals surface area (Å²) >= 11 is 0. The van der Waals surface area contributed by atoms with Gasteiger partial charge in [0, 0.05) is 38.4 Å². The van der Waals surface area contributed by atoms with Crippen molar-refractivity contribution in [1.29, 1.82) is 0 Å². The molecular weight excluding hydrogens is 334 g/mol. The van der Waals surface area contributed by atoms with Crippen molar-refractivity contribution in [3.05, 3.63) is 23.5 Å². The van der Waals surface area contributed by atoms with Crippen molar-refractivity contribution in [2.24, 2.45) is 5.92 Å². The number of aromatic amines is 1. The fourth-order valence-electron chi connectivity index (χ4n) is 3.09. The predicted molar refractivity (Wildman–Crippen MR) is 98.3 cm³/mol. The average Bonchev–Trinajstić information content (AvgIpc) is 3.03. The molecule has 0 aliphatic carbocycles.